The molecule has 1 rings (SSSR count). The molecule has 0 unspecified atom stereocenters. The highest BCUT2D eigenvalue weighted by molar-refractivity contribution is 5.94. The highest BCUT2D eigenvalue weighted by Gasteiger charge is 1.97. The van der Waals surface area contributed by atoms with Crippen molar-refractivity contribution >= 4 is 5.84 Å². The third-order valence-corrected chi connectivity index (χ3v) is 1.04. The number of nitrogens with two attached hydrogens (primary N) is 1. The van der Waals surface area contributed by atoms with E-state index < -0.39 is 0 Å². The Morgan fingerprint density at radius 3 is 2.67 bits per heavy atom. The number of amidine groups is 1. The smallest absolute Gasteiger partial charge is 0.126 e. The van der Waals surface area contributed by atoms with Gasteiger partial charge in [0.05, 0.1) is 5.56 Å². The molecule has 9 heavy (non-hydrogen) atoms. The maximum Gasteiger partial charge on any atom is 0.126 e. The Balaban J connectivity index is 2.98. The molecule has 0 atom stereocenters. The van der Waals surface area contributed by atoms with Crippen molar-refractivity contribution in [2.24, 2.45) is 5.73 Å². The van der Waals surface area contributed by atoms with Gasteiger partial charge in [-0.3, -0.25) is 5.41 Å². The molecule has 0 amide bonds. The SMILES string of the molecule is Cc1cc(C(=N)N)co1. The van der Waals surface area contributed by atoms with E-state index in [1.54, 1.807) is 6.07 Å². The summed E-state index contributed by atoms with van der Waals surface area (Å²) in [6.07, 6.45) is 1.47. The van der Waals surface area contributed by atoms with Gasteiger partial charge in [0, 0.05) is 0 Å². The normalized spacial score (nSPS) is 9.44. The van der Waals surface area contributed by atoms with Crippen molar-refractivity contribution in [3.63, 3.8) is 0 Å². The van der Waals surface area contributed by atoms with Crippen molar-refractivity contribution in [1.82, 2.24) is 0 Å². The van der Waals surface area contributed by atoms with Crippen molar-refractivity contribution in [1.29, 1.82) is 5.41 Å². The summed E-state index contributed by atoms with van der Waals surface area (Å²) in [5, 5.41) is 6.97. The van der Waals surface area contributed by atoms with Crippen molar-refractivity contribution in [3.8, 4) is 0 Å². The average Bonchev–Trinajstić information content (AvgIpc) is 2.14. The van der Waals surface area contributed by atoms with Crippen LogP contribution in [-0.2, 0) is 0 Å². The fourth-order valence-electron chi connectivity index (χ4n) is 0.585. The standard InChI is InChI=1S/C6H8N2O/c1-4-2-5(3-9-4)6(7)8/h2-3H,1H3,(H3,7,8). The molecule has 1 aromatic rings. The Bertz CT molecular complexity index is 227. The highest BCUT2D eigenvalue weighted by atomic mass is 16.3. The average molecular weight is 124 g/mol. The Labute approximate surface area is 53.0 Å². The van der Waals surface area contributed by atoms with Crippen LogP contribution >= 0.6 is 0 Å². The number of furan rings is 1. The number of hydrogen-bond acceptors (Lipinski definition) is 2. The second-order valence-electron chi connectivity index (χ2n) is 1.86. The van der Waals surface area contributed by atoms with Crippen LogP contribution in [0.25, 0.3) is 0 Å². The van der Waals surface area contributed by atoms with E-state index in [9.17, 15) is 0 Å². The molecule has 0 saturated heterocycles. The van der Waals surface area contributed by atoms with Gasteiger partial charge >= 0.3 is 0 Å². The maximum atomic E-state index is 6.97. The zero-order chi connectivity index (χ0) is 6.85. The molecule has 0 aromatic carbocycles. The van der Waals surface area contributed by atoms with Crippen molar-refractivity contribution in [3.05, 3.63) is 23.7 Å². The second kappa shape index (κ2) is 1.93. The molecule has 3 N–H and O–H groups in total. The van der Waals surface area contributed by atoms with E-state index >= 15 is 0 Å². The first kappa shape index (κ1) is 5.88. The summed E-state index contributed by atoms with van der Waals surface area (Å²) in [5.41, 5.74) is 5.80. The molecule has 0 aliphatic rings. The van der Waals surface area contributed by atoms with E-state index in [0.29, 0.717) is 5.56 Å². The quantitative estimate of drug-likeness (QED) is 0.431. The minimum atomic E-state index is 0.0480. The van der Waals surface area contributed by atoms with Gasteiger partial charge in [-0.25, -0.2) is 0 Å². The van der Waals surface area contributed by atoms with Gasteiger partial charge in [0.15, 0.2) is 0 Å². The lowest BCUT2D eigenvalue weighted by Gasteiger charge is -1.84. The number of hydrogen-bond donors (Lipinski definition) is 2. The van der Waals surface area contributed by atoms with Crippen LogP contribution in [-0.4, -0.2) is 5.84 Å². The fourth-order valence-corrected chi connectivity index (χ4v) is 0.585. The zero-order valence-electron chi connectivity index (χ0n) is 5.14. The molecule has 0 bridgehead atoms. The molecule has 0 spiro atoms. The van der Waals surface area contributed by atoms with E-state index in [1.165, 1.54) is 6.26 Å². The van der Waals surface area contributed by atoms with Crippen molar-refractivity contribution in [2.75, 3.05) is 0 Å². The summed E-state index contributed by atoms with van der Waals surface area (Å²) >= 11 is 0. The topological polar surface area (TPSA) is 63.0 Å². The lowest BCUT2D eigenvalue weighted by Crippen LogP contribution is -2.09. The van der Waals surface area contributed by atoms with Gasteiger partial charge in [-0.2, -0.15) is 0 Å². The predicted octanol–water partition coefficient (Wildman–Crippen LogP) is 0.872. The van der Waals surface area contributed by atoms with Gasteiger partial charge in [0.2, 0.25) is 0 Å². The molecular formula is C6H8N2O. The lowest BCUT2D eigenvalue weighted by atomic mass is 10.3. The van der Waals surface area contributed by atoms with Crippen LogP contribution in [0.4, 0.5) is 0 Å². The summed E-state index contributed by atoms with van der Waals surface area (Å²) in [6.45, 7) is 1.81. The van der Waals surface area contributed by atoms with Crippen molar-refractivity contribution in [2.45, 2.75) is 6.92 Å². The predicted molar refractivity (Wildman–Crippen MR) is 34.5 cm³/mol. The molecule has 1 heterocycles. The monoisotopic (exact) mass is 124 g/mol. The minimum absolute atomic E-state index is 0.0480. The molecule has 0 fully saturated rings. The summed E-state index contributed by atoms with van der Waals surface area (Å²) in [4.78, 5) is 0. The summed E-state index contributed by atoms with van der Waals surface area (Å²) in [5.74, 6) is 0.826. The Morgan fingerprint density at radius 2 is 2.44 bits per heavy atom. The van der Waals surface area contributed by atoms with Crippen LogP contribution in [0, 0.1) is 12.3 Å². The fraction of sp³-hybridized carbons (Fsp3) is 0.167. The highest BCUT2D eigenvalue weighted by Crippen LogP contribution is 2.03. The van der Waals surface area contributed by atoms with Gasteiger partial charge < -0.3 is 10.2 Å². The third kappa shape index (κ3) is 1.10. The molecule has 0 aliphatic heterocycles. The van der Waals surface area contributed by atoms with Crippen LogP contribution < -0.4 is 5.73 Å². The summed E-state index contributed by atoms with van der Waals surface area (Å²) in [6, 6.07) is 1.72. The number of rotatable bonds is 1. The molecule has 1 aromatic heterocycles. The first-order valence-electron chi connectivity index (χ1n) is 2.59. The summed E-state index contributed by atoms with van der Waals surface area (Å²) < 4.78 is 4.90. The maximum absolute atomic E-state index is 6.97. The first-order valence-corrected chi connectivity index (χ1v) is 2.59. The Hall–Kier alpha value is -1.25. The van der Waals surface area contributed by atoms with Gasteiger partial charge in [0.25, 0.3) is 0 Å². The van der Waals surface area contributed by atoms with E-state index in [2.05, 4.69) is 0 Å². The first-order chi connectivity index (χ1) is 4.20. The molecule has 48 valence electrons. The number of nitrogens with one attached hydrogen (secondary N) is 1. The van der Waals surface area contributed by atoms with Crippen LogP contribution in [0.15, 0.2) is 16.7 Å². The minimum Gasteiger partial charge on any atom is -0.469 e. The van der Waals surface area contributed by atoms with E-state index in [0.717, 1.165) is 5.76 Å². The third-order valence-electron chi connectivity index (χ3n) is 1.04. The molecule has 3 heteroatoms. The van der Waals surface area contributed by atoms with Crippen LogP contribution in [0.5, 0.6) is 0 Å². The summed E-state index contributed by atoms with van der Waals surface area (Å²) in [7, 11) is 0. The van der Waals surface area contributed by atoms with Crippen LogP contribution in [0.3, 0.4) is 0 Å². The molecule has 0 radical (unpaired) electrons. The molecule has 0 aliphatic carbocycles. The van der Waals surface area contributed by atoms with Crippen molar-refractivity contribution < 1.29 is 4.42 Å². The van der Waals surface area contributed by atoms with Gasteiger partial charge in [-0.1, -0.05) is 0 Å². The second-order valence-corrected chi connectivity index (χ2v) is 1.86. The van der Waals surface area contributed by atoms with E-state index in [4.69, 9.17) is 15.6 Å². The number of aryl methyl sites for hydroxylation is 1. The lowest BCUT2D eigenvalue weighted by molar-refractivity contribution is 0.534. The van der Waals surface area contributed by atoms with Crippen LogP contribution in [0.1, 0.15) is 11.3 Å². The molecule has 0 saturated carbocycles. The van der Waals surface area contributed by atoms with Crippen LogP contribution in [0.2, 0.25) is 0 Å². The van der Waals surface area contributed by atoms with E-state index in [-0.39, 0.29) is 5.84 Å². The van der Waals surface area contributed by atoms with Gasteiger partial charge in [0.1, 0.15) is 17.9 Å². The number of nitrogen functional groups attached to an aromatic ring is 1. The molecule has 3 nitrogen and oxygen atoms in total. The van der Waals surface area contributed by atoms with E-state index in [1.807, 2.05) is 6.92 Å². The zero-order valence-corrected chi connectivity index (χ0v) is 5.14. The molecular weight excluding hydrogens is 116 g/mol. The Morgan fingerprint density at radius 1 is 1.78 bits per heavy atom. The van der Waals surface area contributed by atoms with Gasteiger partial charge in [-0.15, -0.1) is 0 Å². The van der Waals surface area contributed by atoms with Gasteiger partial charge in [-0.05, 0) is 13.0 Å². The largest absolute Gasteiger partial charge is 0.469 e. The Kier molecular flexibility index (Phi) is 1.26.